The molecule has 1 aliphatic heterocycles. The fourth-order valence-corrected chi connectivity index (χ4v) is 3.65. The molecule has 0 atom stereocenters. The monoisotopic (exact) mass is 290 g/mol. The average Bonchev–Trinajstić information content (AvgIpc) is 2.35. The van der Waals surface area contributed by atoms with E-state index < -0.39 is 0 Å². The predicted octanol–water partition coefficient (Wildman–Crippen LogP) is 3.23. The molecule has 3 heteroatoms. The van der Waals surface area contributed by atoms with E-state index in [0.29, 0.717) is 12.6 Å². The Balaban J connectivity index is 1.90. The van der Waals surface area contributed by atoms with E-state index >= 15 is 0 Å². The van der Waals surface area contributed by atoms with E-state index in [1.54, 1.807) is 7.11 Å². The van der Waals surface area contributed by atoms with Crippen molar-refractivity contribution in [2.24, 2.45) is 0 Å². The van der Waals surface area contributed by atoms with Crippen LogP contribution in [0, 0.1) is 0 Å². The largest absolute Gasteiger partial charge is 0.380 e. The van der Waals surface area contributed by atoms with Crippen LogP contribution in [-0.4, -0.2) is 24.2 Å². The van der Waals surface area contributed by atoms with Crippen LogP contribution < -0.4 is 10.6 Å². The van der Waals surface area contributed by atoms with Gasteiger partial charge in [0, 0.05) is 30.8 Å². The van der Waals surface area contributed by atoms with E-state index in [1.165, 1.54) is 11.1 Å². The van der Waals surface area contributed by atoms with Gasteiger partial charge in [-0.2, -0.15) is 0 Å². The number of hydrogen-bond donors (Lipinski definition) is 2. The minimum absolute atomic E-state index is 0.196. The molecule has 3 nitrogen and oxygen atoms in total. The van der Waals surface area contributed by atoms with Gasteiger partial charge in [0.05, 0.1) is 6.61 Å². The molecule has 1 heterocycles. The van der Waals surface area contributed by atoms with Crippen molar-refractivity contribution in [3.05, 3.63) is 35.4 Å². The van der Waals surface area contributed by atoms with E-state index in [1.807, 2.05) is 0 Å². The first-order chi connectivity index (χ1) is 9.80. The van der Waals surface area contributed by atoms with Gasteiger partial charge in [-0.25, -0.2) is 0 Å². The van der Waals surface area contributed by atoms with Crippen LogP contribution in [0.25, 0.3) is 0 Å². The van der Waals surface area contributed by atoms with Gasteiger partial charge in [-0.15, -0.1) is 0 Å². The Kier molecular flexibility index (Phi) is 5.07. The third-order valence-corrected chi connectivity index (χ3v) is 4.12. The molecule has 0 radical (unpaired) electrons. The van der Waals surface area contributed by atoms with Crippen LogP contribution in [0.4, 0.5) is 0 Å². The van der Waals surface area contributed by atoms with Gasteiger partial charge in [-0.1, -0.05) is 24.3 Å². The molecule has 1 aromatic rings. The first kappa shape index (κ1) is 16.5. The molecule has 1 aliphatic rings. The zero-order chi connectivity index (χ0) is 15.5. The topological polar surface area (TPSA) is 33.3 Å². The lowest BCUT2D eigenvalue weighted by Crippen LogP contribution is -2.61. The summed E-state index contributed by atoms with van der Waals surface area (Å²) in [7, 11) is 1.73. The highest BCUT2D eigenvalue weighted by atomic mass is 16.5. The molecule has 1 saturated heterocycles. The van der Waals surface area contributed by atoms with Gasteiger partial charge >= 0.3 is 0 Å². The van der Waals surface area contributed by atoms with Crippen LogP contribution >= 0.6 is 0 Å². The molecule has 21 heavy (non-hydrogen) atoms. The summed E-state index contributed by atoms with van der Waals surface area (Å²) in [6, 6.07) is 9.25. The Hall–Kier alpha value is -0.900. The second-order valence-electron chi connectivity index (χ2n) is 7.63. The first-order valence-corrected chi connectivity index (χ1v) is 7.89. The number of methoxy groups -OCH3 is 1. The Morgan fingerprint density at radius 1 is 1.05 bits per heavy atom. The maximum absolute atomic E-state index is 5.15. The molecular formula is C18H30N2O. The minimum atomic E-state index is 0.196. The summed E-state index contributed by atoms with van der Waals surface area (Å²) in [5, 5.41) is 7.46. The average molecular weight is 290 g/mol. The Bertz CT molecular complexity index is 435. The molecule has 118 valence electrons. The van der Waals surface area contributed by atoms with Crippen molar-refractivity contribution in [3.8, 4) is 0 Å². The fourth-order valence-electron chi connectivity index (χ4n) is 3.65. The second kappa shape index (κ2) is 6.47. The van der Waals surface area contributed by atoms with Crippen LogP contribution in [0.15, 0.2) is 24.3 Å². The normalized spacial score (nSPS) is 21.4. The van der Waals surface area contributed by atoms with Gasteiger partial charge in [0.25, 0.3) is 0 Å². The quantitative estimate of drug-likeness (QED) is 0.873. The molecule has 2 N–H and O–H groups in total. The lowest BCUT2D eigenvalue weighted by Gasteiger charge is -2.46. The molecular weight excluding hydrogens is 260 g/mol. The number of benzene rings is 1. The van der Waals surface area contributed by atoms with Gasteiger partial charge in [0.15, 0.2) is 0 Å². The zero-order valence-electron chi connectivity index (χ0n) is 14.1. The van der Waals surface area contributed by atoms with Gasteiger partial charge in [0.2, 0.25) is 0 Å². The third kappa shape index (κ3) is 5.10. The number of rotatable bonds is 5. The van der Waals surface area contributed by atoms with Crippen molar-refractivity contribution in [1.29, 1.82) is 0 Å². The van der Waals surface area contributed by atoms with E-state index in [4.69, 9.17) is 4.74 Å². The third-order valence-electron chi connectivity index (χ3n) is 4.12. The molecule has 0 amide bonds. The van der Waals surface area contributed by atoms with Gasteiger partial charge in [-0.05, 0) is 51.7 Å². The van der Waals surface area contributed by atoms with Crippen LogP contribution in [0.3, 0.4) is 0 Å². The maximum Gasteiger partial charge on any atom is 0.0713 e. The number of hydrogen-bond acceptors (Lipinski definition) is 3. The maximum atomic E-state index is 5.15. The first-order valence-electron chi connectivity index (χ1n) is 7.89. The molecule has 0 aromatic heterocycles. The number of nitrogens with one attached hydrogen (secondary N) is 2. The van der Waals surface area contributed by atoms with Crippen LogP contribution in [0.1, 0.15) is 51.7 Å². The number of ether oxygens (including phenoxy) is 1. The summed E-state index contributed by atoms with van der Waals surface area (Å²) >= 11 is 0. The summed E-state index contributed by atoms with van der Waals surface area (Å²) in [5.41, 5.74) is 2.96. The standard InChI is InChI=1S/C18H30N2O/c1-17(2)10-16(11-18(3,4)20-17)19-12-14-6-8-15(9-7-14)13-21-5/h6-9,16,19-20H,10-13H2,1-5H3. The van der Waals surface area contributed by atoms with Crippen molar-refractivity contribution in [2.45, 2.75) is 70.8 Å². The number of piperidine rings is 1. The summed E-state index contributed by atoms with van der Waals surface area (Å²) in [4.78, 5) is 0. The van der Waals surface area contributed by atoms with Crippen molar-refractivity contribution >= 4 is 0 Å². The molecule has 0 spiro atoms. The van der Waals surface area contributed by atoms with Gasteiger partial charge in [-0.3, -0.25) is 0 Å². The van der Waals surface area contributed by atoms with Crippen LogP contribution in [0.2, 0.25) is 0 Å². The van der Waals surface area contributed by atoms with Crippen molar-refractivity contribution in [3.63, 3.8) is 0 Å². The SMILES string of the molecule is COCc1ccc(CNC2CC(C)(C)NC(C)(C)C2)cc1. The van der Waals surface area contributed by atoms with E-state index in [0.717, 1.165) is 19.4 Å². The van der Waals surface area contributed by atoms with Crippen molar-refractivity contribution < 1.29 is 4.74 Å². The molecule has 1 fully saturated rings. The molecule has 1 aromatic carbocycles. The highest BCUT2D eigenvalue weighted by molar-refractivity contribution is 5.22. The highest BCUT2D eigenvalue weighted by Gasteiger charge is 2.37. The molecule has 0 unspecified atom stereocenters. The highest BCUT2D eigenvalue weighted by Crippen LogP contribution is 2.28. The zero-order valence-corrected chi connectivity index (χ0v) is 14.1. The second-order valence-corrected chi connectivity index (χ2v) is 7.63. The summed E-state index contributed by atoms with van der Waals surface area (Å²) in [6.07, 6.45) is 2.33. The van der Waals surface area contributed by atoms with E-state index in [2.05, 4.69) is 62.6 Å². The van der Waals surface area contributed by atoms with Gasteiger partial charge in [0.1, 0.15) is 0 Å². The molecule has 0 bridgehead atoms. The lowest BCUT2D eigenvalue weighted by molar-refractivity contribution is 0.145. The lowest BCUT2D eigenvalue weighted by atomic mass is 9.79. The smallest absolute Gasteiger partial charge is 0.0713 e. The van der Waals surface area contributed by atoms with Gasteiger partial charge < -0.3 is 15.4 Å². The van der Waals surface area contributed by atoms with E-state index in [9.17, 15) is 0 Å². The molecule has 0 aliphatic carbocycles. The summed E-state index contributed by atoms with van der Waals surface area (Å²) < 4.78 is 5.15. The van der Waals surface area contributed by atoms with Crippen molar-refractivity contribution in [2.75, 3.05) is 7.11 Å². The fraction of sp³-hybridized carbons (Fsp3) is 0.667. The molecule has 0 saturated carbocycles. The Morgan fingerprint density at radius 2 is 1.57 bits per heavy atom. The summed E-state index contributed by atoms with van der Waals surface area (Å²) in [6.45, 7) is 10.8. The van der Waals surface area contributed by atoms with Crippen LogP contribution in [0.5, 0.6) is 0 Å². The van der Waals surface area contributed by atoms with E-state index in [-0.39, 0.29) is 11.1 Å². The Morgan fingerprint density at radius 3 is 2.10 bits per heavy atom. The van der Waals surface area contributed by atoms with Crippen LogP contribution in [-0.2, 0) is 17.9 Å². The Labute approximate surface area is 129 Å². The minimum Gasteiger partial charge on any atom is -0.380 e. The summed E-state index contributed by atoms with van der Waals surface area (Å²) in [5.74, 6) is 0. The predicted molar refractivity (Wildman–Crippen MR) is 88.3 cm³/mol. The molecule has 2 rings (SSSR count). The van der Waals surface area contributed by atoms with Crippen molar-refractivity contribution in [1.82, 2.24) is 10.6 Å².